The molecule has 2 rings (SSSR count). The Balaban J connectivity index is 2.90. The molecule has 0 atom stereocenters. The molecule has 0 saturated heterocycles. The second kappa shape index (κ2) is 3.34. The average Bonchev–Trinajstić information content (AvgIpc) is 2.49. The van der Waals surface area contributed by atoms with Crippen molar-refractivity contribution in [1.29, 1.82) is 0 Å². The van der Waals surface area contributed by atoms with Crippen LogP contribution in [0.25, 0.3) is 10.1 Å². The average molecular weight is 249 g/mol. The third kappa shape index (κ3) is 1.33. The van der Waals surface area contributed by atoms with Gasteiger partial charge in [0.1, 0.15) is 4.70 Å². The van der Waals surface area contributed by atoms with Gasteiger partial charge in [-0.1, -0.05) is 23.2 Å². The number of hydrogen-bond donors (Lipinski definition) is 0. The largest absolute Gasteiger partial charge is 0.288 e. The number of non-ortho nitro benzene ring substituents is 1. The molecule has 0 unspecified atom stereocenters. The molecule has 7 heteroatoms. The molecule has 4 nitrogen and oxygen atoms in total. The van der Waals surface area contributed by atoms with Crippen LogP contribution in [0.1, 0.15) is 0 Å². The summed E-state index contributed by atoms with van der Waals surface area (Å²) in [5.74, 6) is 0. The summed E-state index contributed by atoms with van der Waals surface area (Å²) in [6.45, 7) is 0. The lowest BCUT2D eigenvalue weighted by atomic mass is 10.2. The Morgan fingerprint density at radius 2 is 2.14 bits per heavy atom. The second-order valence-corrected chi connectivity index (χ2v) is 4.04. The molecule has 1 aromatic heterocycles. The number of nitrogens with zero attached hydrogens (tertiary/aromatic N) is 2. The van der Waals surface area contributed by atoms with Gasteiger partial charge in [0.05, 0.1) is 15.3 Å². The lowest BCUT2D eigenvalue weighted by Gasteiger charge is -1.94. The van der Waals surface area contributed by atoms with Crippen LogP contribution in [0.15, 0.2) is 12.1 Å². The smallest absolute Gasteiger partial charge is 0.258 e. The maximum absolute atomic E-state index is 10.6. The van der Waals surface area contributed by atoms with E-state index in [0.717, 1.165) is 11.5 Å². The van der Waals surface area contributed by atoms with Gasteiger partial charge in [0.15, 0.2) is 5.15 Å². The summed E-state index contributed by atoms with van der Waals surface area (Å²) in [5, 5.41) is 11.7. The highest BCUT2D eigenvalue weighted by Crippen LogP contribution is 2.38. The van der Waals surface area contributed by atoms with E-state index in [1.807, 2.05) is 0 Å². The SMILES string of the molecule is O=[N+]([O-])c1ccc(Cl)c2c(Cl)nsc12. The van der Waals surface area contributed by atoms with E-state index in [0.29, 0.717) is 15.1 Å². The van der Waals surface area contributed by atoms with E-state index in [1.165, 1.54) is 12.1 Å². The Hall–Kier alpha value is -0.910. The molecule has 0 saturated carbocycles. The summed E-state index contributed by atoms with van der Waals surface area (Å²) < 4.78 is 4.23. The lowest BCUT2D eigenvalue weighted by Crippen LogP contribution is -1.87. The minimum absolute atomic E-state index is 0.0196. The van der Waals surface area contributed by atoms with E-state index in [2.05, 4.69) is 4.37 Å². The molecule has 72 valence electrons. The predicted molar refractivity (Wildman–Crippen MR) is 56.3 cm³/mol. The van der Waals surface area contributed by atoms with Crippen LogP contribution in [-0.4, -0.2) is 9.30 Å². The van der Waals surface area contributed by atoms with Crippen molar-refractivity contribution in [3.63, 3.8) is 0 Å². The molecule has 0 N–H and O–H groups in total. The standard InChI is InChI=1S/C7H2Cl2N2O2S/c8-3-1-2-4(11(12)13)6-5(3)7(9)10-14-6/h1-2H. The number of nitro groups is 1. The zero-order valence-corrected chi connectivity index (χ0v) is 8.86. The summed E-state index contributed by atoms with van der Waals surface area (Å²) in [4.78, 5) is 10.2. The number of fused-ring (bicyclic) bond motifs is 1. The fourth-order valence-corrected chi connectivity index (χ4v) is 2.61. The molecule has 0 amide bonds. The van der Waals surface area contributed by atoms with Crippen molar-refractivity contribution in [3.8, 4) is 0 Å². The van der Waals surface area contributed by atoms with Crippen LogP contribution in [0.3, 0.4) is 0 Å². The maximum Gasteiger partial charge on any atom is 0.288 e. The molecule has 1 heterocycles. The molecule has 14 heavy (non-hydrogen) atoms. The molecule has 0 aliphatic heterocycles. The monoisotopic (exact) mass is 248 g/mol. The van der Waals surface area contributed by atoms with Gasteiger partial charge in [-0.05, 0) is 17.6 Å². The summed E-state index contributed by atoms with van der Waals surface area (Å²) in [6, 6.07) is 2.79. The van der Waals surface area contributed by atoms with Gasteiger partial charge in [-0.25, -0.2) is 0 Å². The maximum atomic E-state index is 10.6. The van der Waals surface area contributed by atoms with Crippen LogP contribution in [-0.2, 0) is 0 Å². The fraction of sp³-hybridized carbons (Fsp3) is 0. The summed E-state index contributed by atoms with van der Waals surface area (Å²) in [6.07, 6.45) is 0. The quantitative estimate of drug-likeness (QED) is 0.573. The molecule has 0 bridgehead atoms. The highest BCUT2D eigenvalue weighted by atomic mass is 35.5. The predicted octanol–water partition coefficient (Wildman–Crippen LogP) is 3.51. The molecular weight excluding hydrogens is 247 g/mol. The van der Waals surface area contributed by atoms with Gasteiger partial charge < -0.3 is 0 Å². The number of nitro benzene ring substituents is 1. The Labute approximate surface area is 92.4 Å². The van der Waals surface area contributed by atoms with Crippen molar-refractivity contribution in [3.05, 3.63) is 32.4 Å². The summed E-state index contributed by atoms with van der Waals surface area (Å²) in [7, 11) is 0. The highest BCUT2D eigenvalue weighted by molar-refractivity contribution is 7.14. The van der Waals surface area contributed by atoms with Crippen molar-refractivity contribution < 1.29 is 4.92 Å². The third-order valence-corrected chi connectivity index (χ3v) is 3.26. The third-order valence-electron chi connectivity index (χ3n) is 1.71. The van der Waals surface area contributed by atoms with Crippen LogP contribution in [0.5, 0.6) is 0 Å². The Morgan fingerprint density at radius 3 is 2.79 bits per heavy atom. The first-order chi connectivity index (χ1) is 6.61. The van der Waals surface area contributed by atoms with Crippen molar-refractivity contribution in [2.45, 2.75) is 0 Å². The molecule has 0 radical (unpaired) electrons. The van der Waals surface area contributed by atoms with E-state index in [4.69, 9.17) is 23.2 Å². The summed E-state index contributed by atoms with van der Waals surface area (Å²) in [5.41, 5.74) is -0.0196. The van der Waals surface area contributed by atoms with Gasteiger partial charge in [-0.15, -0.1) is 0 Å². The zero-order valence-electron chi connectivity index (χ0n) is 6.53. The molecular formula is C7H2Cl2N2O2S. The Bertz CT molecular complexity index is 526. The molecule has 0 fully saturated rings. The molecule has 2 aromatic rings. The van der Waals surface area contributed by atoms with Crippen LogP contribution >= 0.6 is 34.7 Å². The van der Waals surface area contributed by atoms with Crippen LogP contribution in [0.4, 0.5) is 5.69 Å². The number of benzene rings is 1. The topological polar surface area (TPSA) is 56.0 Å². The molecule has 0 aliphatic rings. The van der Waals surface area contributed by atoms with Crippen LogP contribution in [0.2, 0.25) is 10.2 Å². The first-order valence-electron chi connectivity index (χ1n) is 3.49. The van der Waals surface area contributed by atoms with Gasteiger partial charge in [0.2, 0.25) is 0 Å². The second-order valence-electron chi connectivity index (χ2n) is 2.50. The minimum Gasteiger partial charge on any atom is -0.258 e. The van der Waals surface area contributed by atoms with E-state index in [-0.39, 0.29) is 10.8 Å². The number of hydrogen-bond acceptors (Lipinski definition) is 4. The molecule has 0 aliphatic carbocycles. The van der Waals surface area contributed by atoms with E-state index in [9.17, 15) is 10.1 Å². The van der Waals surface area contributed by atoms with Gasteiger partial charge in [-0.2, -0.15) is 4.37 Å². The molecule has 0 spiro atoms. The number of rotatable bonds is 1. The number of aromatic nitrogens is 1. The van der Waals surface area contributed by atoms with Gasteiger partial charge in [0.25, 0.3) is 5.69 Å². The van der Waals surface area contributed by atoms with Crippen molar-refractivity contribution in [2.24, 2.45) is 0 Å². The lowest BCUT2D eigenvalue weighted by molar-refractivity contribution is -0.382. The van der Waals surface area contributed by atoms with Crippen molar-refractivity contribution in [2.75, 3.05) is 0 Å². The van der Waals surface area contributed by atoms with Gasteiger partial charge in [0, 0.05) is 6.07 Å². The highest BCUT2D eigenvalue weighted by Gasteiger charge is 2.18. The molecule has 1 aromatic carbocycles. The number of halogens is 2. The van der Waals surface area contributed by atoms with Gasteiger partial charge >= 0.3 is 0 Å². The summed E-state index contributed by atoms with van der Waals surface area (Å²) >= 11 is 12.6. The zero-order chi connectivity index (χ0) is 10.3. The Morgan fingerprint density at radius 1 is 1.43 bits per heavy atom. The van der Waals surface area contributed by atoms with Crippen LogP contribution < -0.4 is 0 Å². The van der Waals surface area contributed by atoms with Gasteiger partial charge in [-0.3, -0.25) is 10.1 Å². The van der Waals surface area contributed by atoms with E-state index < -0.39 is 4.92 Å². The first-order valence-corrected chi connectivity index (χ1v) is 5.02. The van der Waals surface area contributed by atoms with Crippen molar-refractivity contribution >= 4 is 50.5 Å². The Kier molecular flexibility index (Phi) is 2.30. The van der Waals surface area contributed by atoms with E-state index >= 15 is 0 Å². The van der Waals surface area contributed by atoms with Crippen LogP contribution in [0, 0.1) is 10.1 Å². The van der Waals surface area contributed by atoms with E-state index in [1.54, 1.807) is 0 Å². The first kappa shape index (κ1) is 9.64. The minimum atomic E-state index is -0.479. The van der Waals surface area contributed by atoms with Crippen molar-refractivity contribution in [1.82, 2.24) is 4.37 Å². The normalized spacial score (nSPS) is 10.7. The fourth-order valence-electron chi connectivity index (χ4n) is 1.11.